The van der Waals surface area contributed by atoms with Gasteiger partial charge in [0, 0.05) is 58.7 Å². The molecule has 1 aliphatic rings. The van der Waals surface area contributed by atoms with Gasteiger partial charge >= 0.3 is 0 Å². The Hall–Kier alpha value is -2.80. The third kappa shape index (κ3) is 16.2. The van der Waals surface area contributed by atoms with Crippen LogP contribution in [0, 0.1) is 0 Å². The lowest BCUT2D eigenvalue weighted by Gasteiger charge is -2.38. The van der Waals surface area contributed by atoms with Crippen LogP contribution in [-0.4, -0.2) is 161 Å². The van der Waals surface area contributed by atoms with E-state index >= 15 is 0 Å². The van der Waals surface area contributed by atoms with Crippen LogP contribution < -0.4 is 21.1 Å². The fraction of sp³-hybridized carbons (Fsp3) is 0.750. The fourth-order valence-electron chi connectivity index (χ4n) is 6.29. The van der Waals surface area contributed by atoms with Crippen molar-refractivity contribution in [2.45, 2.75) is 107 Å². The van der Waals surface area contributed by atoms with Gasteiger partial charge in [-0.15, -0.1) is 0 Å². The number of methoxy groups -OCH3 is 2. The monoisotopic (exact) mass is 775 g/mol. The first kappa shape index (κ1) is 46.4. The number of unbranched alkanes of at least 4 members (excludes halogenated alkanes) is 6. The van der Waals surface area contributed by atoms with Crippen molar-refractivity contribution >= 4 is 35.0 Å². The van der Waals surface area contributed by atoms with Crippen LogP contribution in [0.3, 0.4) is 0 Å². The molecule has 2 rings (SSSR count). The van der Waals surface area contributed by atoms with Crippen molar-refractivity contribution in [2.24, 2.45) is 0 Å². The average Bonchev–Trinajstić information content (AvgIpc) is 3.15. The normalized spacial score (nSPS) is 18.5. The van der Waals surface area contributed by atoms with Crippen LogP contribution in [0.15, 0.2) is 12.1 Å². The molecule has 0 unspecified atom stereocenters. The van der Waals surface area contributed by atoms with Crippen LogP contribution in [0.2, 0.25) is 5.02 Å². The number of piperidine rings is 1. The summed E-state index contributed by atoms with van der Waals surface area (Å²) in [7, 11) is 3.11. The topological polar surface area (TPSA) is 248 Å². The minimum absolute atomic E-state index is 0.0280. The summed E-state index contributed by atoms with van der Waals surface area (Å²) in [4.78, 5) is 41.4. The van der Waals surface area contributed by atoms with Gasteiger partial charge in [0.2, 0.25) is 11.8 Å². The molecular formula is C36H62ClN5O11. The molecule has 0 aliphatic carbocycles. The summed E-state index contributed by atoms with van der Waals surface area (Å²) in [6.45, 7) is 1.40. The summed E-state index contributed by atoms with van der Waals surface area (Å²) in [5.41, 5.74) is 6.49. The molecule has 10 N–H and O–H groups in total. The van der Waals surface area contributed by atoms with Gasteiger partial charge in [-0.2, -0.15) is 0 Å². The zero-order chi connectivity index (χ0) is 39.3. The molecule has 1 fully saturated rings. The molecule has 304 valence electrons. The molecule has 3 amide bonds. The van der Waals surface area contributed by atoms with Crippen LogP contribution in [0.4, 0.5) is 5.69 Å². The predicted molar refractivity (Wildman–Crippen MR) is 199 cm³/mol. The standard InChI is InChI=1S/C36H62ClN5O11/c1-52-30-20-26(38)25(37)19-24(30)36(51)40-27-13-16-41(22-31(27)53-2)15-10-6-7-11-32(47)39-14-9-5-3-4-8-12-33(48)42(17-18-43)21-28(45)34(49)35(50)29(46)23-44/h19-20,27-29,31,34-35,43-46,49-50H,3-18,21-23,38H2,1-2H3,(H,39,47)(H,40,51)/t27-,28+,29-,31+,34-,35-/m1/s1. The highest BCUT2D eigenvalue weighted by molar-refractivity contribution is 6.33. The summed E-state index contributed by atoms with van der Waals surface area (Å²) >= 11 is 6.14. The van der Waals surface area contributed by atoms with Crippen molar-refractivity contribution in [2.75, 3.05) is 72.4 Å². The second-order valence-corrected chi connectivity index (χ2v) is 14.0. The van der Waals surface area contributed by atoms with Crippen molar-refractivity contribution in [3.05, 3.63) is 22.7 Å². The van der Waals surface area contributed by atoms with Crippen LogP contribution in [0.25, 0.3) is 0 Å². The van der Waals surface area contributed by atoms with Crippen LogP contribution in [0.5, 0.6) is 5.75 Å². The second kappa shape index (κ2) is 25.3. The molecule has 1 aromatic carbocycles. The maximum atomic E-state index is 13.0. The minimum atomic E-state index is -1.79. The van der Waals surface area contributed by atoms with Crippen LogP contribution >= 0.6 is 11.6 Å². The molecule has 0 radical (unpaired) electrons. The molecule has 1 heterocycles. The first-order chi connectivity index (χ1) is 25.4. The molecule has 0 bridgehead atoms. The molecule has 1 aromatic rings. The number of nitrogens with zero attached hydrogens (tertiary/aromatic N) is 2. The summed E-state index contributed by atoms with van der Waals surface area (Å²) in [6.07, 6.45) is 1.01. The Labute approximate surface area is 317 Å². The Morgan fingerprint density at radius 1 is 0.962 bits per heavy atom. The molecule has 1 saturated heterocycles. The predicted octanol–water partition coefficient (Wildman–Crippen LogP) is 0.0239. The number of nitrogens with two attached hydrogens (primary N) is 1. The van der Waals surface area contributed by atoms with E-state index in [1.807, 2.05) is 0 Å². The molecule has 0 spiro atoms. The fourth-order valence-corrected chi connectivity index (χ4v) is 6.45. The highest BCUT2D eigenvalue weighted by atomic mass is 35.5. The Morgan fingerprint density at radius 2 is 1.62 bits per heavy atom. The van der Waals surface area contributed by atoms with Crippen molar-refractivity contribution in [3.8, 4) is 5.75 Å². The quantitative estimate of drug-likeness (QED) is 0.0446. The number of benzene rings is 1. The third-order valence-electron chi connectivity index (χ3n) is 9.55. The van der Waals surface area contributed by atoms with Gasteiger partial charge in [-0.1, -0.05) is 37.3 Å². The molecule has 6 atom stereocenters. The van der Waals surface area contributed by atoms with Crippen LogP contribution in [0.1, 0.15) is 81.0 Å². The molecular weight excluding hydrogens is 714 g/mol. The lowest BCUT2D eigenvalue weighted by atomic mass is 10.00. The van der Waals surface area contributed by atoms with E-state index in [2.05, 4.69) is 15.5 Å². The number of aliphatic hydroxyl groups excluding tert-OH is 6. The number of hydrogen-bond donors (Lipinski definition) is 9. The highest BCUT2D eigenvalue weighted by Crippen LogP contribution is 2.29. The van der Waals surface area contributed by atoms with E-state index in [9.17, 15) is 39.9 Å². The number of nitrogens with one attached hydrogen (secondary N) is 2. The van der Waals surface area contributed by atoms with E-state index < -0.39 is 31.0 Å². The largest absolute Gasteiger partial charge is 0.496 e. The lowest BCUT2D eigenvalue weighted by Crippen LogP contribution is -2.54. The Kier molecular flexibility index (Phi) is 22.1. The highest BCUT2D eigenvalue weighted by Gasteiger charge is 2.33. The van der Waals surface area contributed by atoms with Gasteiger partial charge in [0.1, 0.15) is 30.2 Å². The molecule has 53 heavy (non-hydrogen) atoms. The molecule has 0 aromatic heterocycles. The van der Waals surface area contributed by atoms with Crippen molar-refractivity contribution in [3.63, 3.8) is 0 Å². The van der Waals surface area contributed by atoms with E-state index in [1.165, 1.54) is 24.1 Å². The first-order valence-corrected chi connectivity index (χ1v) is 18.9. The van der Waals surface area contributed by atoms with Gasteiger partial charge in [0.25, 0.3) is 5.91 Å². The number of anilines is 1. The minimum Gasteiger partial charge on any atom is -0.496 e. The number of carbonyl (C=O) groups is 3. The number of carbonyl (C=O) groups excluding carboxylic acids is 3. The number of ether oxygens (including phenoxy) is 2. The summed E-state index contributed by atoms with van der Waals surface area (Å²) in [5, 5.41) is 64.0. The molecule has 1 aliphatic heterocycles. The number of halogens is 1. The van der Waals surface area contributed by atoms with Gasteiger partial charge in [-0.25, -0.2) is 0 Å². The number of amides is 3. The van der Waals surface area contributed by atoms with Gasteiger partial charge in [-0.05, 0) is 44.7 Å². The van der Waals surface area contributed by atoms with Gasteiger partial charge in [0.05, 0.1) is 48.7 Å². The average molecular weight is 776 g/mol. The number of hydrogen-bond acceptors (Lipinski definition) is 13. The van der Waals surface area contributed by atoms with Gasteiger partial charge in [0.15, 0.2) is 0 Å². The van der Waals surface area contributed by atoms with E-state index in [1.54, 1.807) is 7.11 Å². The number of nitrogen functional groups attached to an aromatic ring is 1. The van der Waals surface area contributed by atoms with Crippen molar-refractivity contribution < 1.29 is 54.5 Å². The molecule has 0 saturated carbocycles. The second-order valence-electron chi connectivity index (χ2n) is 13.6. The molecule has 17 heteroatoms. The van der Waals surface area contributed by atoms with E-state index in [4.69, 9.17) is 31.9 Å². The maximum absolute atomic E-state index is 13.0. The van der Waals surface area contributed by atoms with Crippen molar-refractivity contribution in [1.82, 2.24) is 20.4 Å². The van der Waals surface area contributed by atoms with Gasteiger partial charge in [-0.3, -0.25) is 14.4 Å². The summed E-state index contributed by atoms with van der Waals surface area (Å²) in [5.74, 6) is -0.237. The van der Waals surface area contributed by atoms with E-state index in [-0.39, 0.29) is 61.0 Å². The number of aliphatic hydroxyl groups is 6. The zero-order valence-corrected chi connectivity index (χ0v) is 31.9. The summed E-state index contributed by atoms with van der Waals surface area (Å²) < 4.78 is 11.0. The van der Waals surface area contributed by atoms with E-state index in [0.29, 0.717) is 42.9 Å². The van der Waals surface area contributed by atoms with Crippen molar-refractivity contribution in [1.29, 1.82) is 0 Å². The maximum Gasteiger partial charge on any atom is 0.255 e. The summed E-state index contributed by atoms with van der Waals surface area (Å²) in [6, 6.07) is 2.87. The van der Waals surface area contributed by atoms with Gasteiger partial charge < -0.3 is 66.3 Å². The SMILES string of the molecule is COc1cc(N)c(Cl)cc1C(=O)N[C@@H]1CCN(CCCCCC(=O)NCCCCCCCC(=O)N(CCO)C[C@H](O)[C@@H](O)[C@H](O)[C@H](O)CO)C[C@@H]1OC. The third-order valence-corrected chi connectivity index (χ3v) is 9.88. The number of rotatable bonds is 26. The zero-order valence-electron chi connectivity index (χ0n) is 31.1. The first-order valence-electron chi connectivity index (χ1n) is 18.5. The van der Waals surface area contributed by atoms with E-state index in [0.717, 1.165) is 64.5 Å². The Bertz CT molecular complexity index is 1250. The number of likely N-dealkylation sites (tertiary alicyclic amines) is 1. The van der Waals surface area contributed by atoms with Crippen LogP contribution in [-0.2, 0) is 14.3 Å². The lowest BCUT2D eigenvalue weighted by molar-refractivity contribution is -0.140. The smallest absolute Gasteiger partial charge is 0.255 e. The molecule has 16 nitrogen and oxygen atoms in total. The Balaban J connectivity index is 1.55. The Morgan fingerprint density at radius 3 is 2.30 bits per heavy atom.